The van der Waals surface area contributed by atoms with Crippen molar-refractivity contribution in [2.45, 2.75) is 6.92 Å². The largest absolute Gasteiger partial charge is 0.352 e. The molecule has 1 heterocycles. The number of aromatic amines is 1. The van der Waals surface area contributed by atoms with E-state index in [0.29, 0.717) is 16.6 Å². The zero-order valence-electron chi connectivity index (χ0n) is 12.6. The number of nitrogens with one attached hydrogen (secondary N) is 3. The van der Waals surface area contributed by atoms with Gasteiger partial charge in [-0.1, -0.05) is 6.07 Å². The maximum Gasteiger partial charge on any atom is 0.276 e. The van der Waals surface area contributed by atoms with Crippen LogP contribution < -0.4 is 10.8 Å². The number of fused-ring (bicyclic) bond motifs is 1. The number of hydroxylamine groups is 1. The number of anilines is 2. The molecule has 0 spiro atoms. The van der Waals surface area contributed by atoms with Crippen LogP contribution in [0.1, 0.15) is 15.9 Å². The lowest BCUT2D eigenvalue weighted by molar-refractivity contribution is 0.0538. The molecule has 0 saturated heterocycles. The highest BCUT2D eigenvalue weighted by Gasteiger charge is 2.17. The zero-order chi connectivity index (χ0) is 16.4. The second-order valence-corrected chi connectivity index (χ2v) is 5.06. The van der Waals surface area contributed by atoms with Crippen molar-refractivity contribution in [1.82, 2.24) is 15.7 Å². The van der Waals surface area contributed by atoms with Crippen molar-refractivity contribution >= 4 is 28.2 Å². The molecule has 0 bridgehead atoms. The SMILES string of the molecule is CONC(=O)c1ccc2[nH]ncc2c1Nc1ccc(C)cc1F. The molecular weight excluding hydrogens is 299 g/mol. The first kappa shape index (κ1) is 15.0. The number of carbonyl (C=O) groups excluding carboxylic acids is 1. The molecule has 7 heteroatoms. The molecule has 0 aliphatic rings. The van der Waals surface area contributed by atoms with Crippen molar-refractivity contribution in [3.8, 4) is 0 Å². The van der Waals surface area contributed by atoms with Crippen molar-refractivity contribution < 1.29 is 14.0 Å². The summed E-state index contributed by atoms with van der Waals surface area (Å²) >= 11 is 0. The molecular formula is C16H15FN4O2. The number of rotatable bonds is 4. The third kappa shape index (κ3) is 2.86. The van der Waals surface area contributed by atoms with Gasteiger partial charge in [0.25, 0.3) is 5.91 Å². The lowest BCUT2D eigenvalue weighted by Crippen LogP contribution is -2.22. The summed E-state index contributed by atoms with van der Waals surface area (Å²) in [5.74, 6) is -0.839. The van der Waals surface area contributed by atoms with Crippen LogP contribution in [0.3, 0.4) is 0 Å². The maximum absolute atomic E-state index is 14.1. The summed E-state index contributed by atoms with van der Waals surface area (Å²) in [4.78, 5) is 16.8. The molecule has 0 radical (unpaired) electrons. The van der Waals surface area contributed by atoms with Gasteiger partial charge in [-0.2, -0.15) is 5.10 Å². The van der Waals surface area contributed by atoms with Crippen LogP contribution in [0.4, 0.5) is 15.8 Å². The summed E-state index contributed by atoms with van der Waals surface area (Å²) in [7, 11) is 1.35. The van der Waals surface area contributed by atoms with E-state index in [2.05, 4.69) is 25.8 Å². The Morgan fingerprint density at radius 3 is 2.87 bits per heavy atom. The number of hydrogen-bond donors (Lipinski definition) is 3. The van der Waals surface area contributed by atoms with E-state index in [1.807, 2.05) is 0 Å². The number of nitrogens with zero attached hydrogens (tertiary/aromatic N) is 1. The molecule has 0 aliphatic heterocycles. The van der Waals surface area contributed by atoms with Crippen LogP contribution in [-0.2, 0) is 4.84 Å². The average molecular weight is 314 g/mol. The van der Waals surface area contributed by atoms with Gasteiger partial charge in [-0.05, 0) is 36.8 Å². The molecule has 6 nitrogen and oxygen atoms in total. The Labute approximate surface area is 131 Å². The van der Waals surface area contributed by atoms with Gasteiger partial charge >= 0.3 is 0 Å². The van der Waals surface area contributed by atoms with Gasteiger partial charge in [0.1, 0.15) is 5.82 Å². The lowest BCUT2D eigenvalue weighted by atomic mass is 10.1. The van der Waals surface area contributed by atoms with E-state index in [1.165, 1.54) is 13.2 Å². The summed E-state index contributed by atoms with van der Waals surface area (Å²) in [6.07, 6.45) is 1.58. The van der Waals surface area contributed by atoms with Crippen molar-refractivity contribution in [3.05, 3.63) is 53.5 Å². The first-order valence-corrected chi connectivity index (χ1v) is 6.92. The normalized spacial score (nSPS) is 10.7. The third-order valence-electron chi connectivity index (χ3n) is 3.45. The molecule has 0 saturated carbocycles. The molecule has 1 amide bonds. The molecule has 3 rings (SSSR count). The highest BCUT2D eigenvalue weighted by Crippen LogP contribution is 2.30. The van der Waals surface area contributed by atoms with Gasteiger partial charge in [-0.25, -0.2) is 9.87 Å². The fraction of sp³-hybridized carbons (Fsp3) is 0.125. The molecule has 0 atom stereocenters. The Kier molecular flexibility index (Phi) is 3.94. The van der Waals surface area contributed by atoms with Gasteiger partial charge in [0, 0.05) is 5.39 Å². The molecule has 3 N–H and O–H groups in total. The van der Waals surface area contributed by atoms with Crippen LogP contribution in [0.15, 0.2) is 36.5 Å². The molecule has 0 fully saturated rings. The summed E-state index contributed by atoms with van der Waals surface area (Å²) in [5, 5.41) is 10.4. The van der Waals surface area contributed by atoms with Crippen molar-refractivity contribution in [3.63, 3.8) is 0 Å². The maximum atomic E-state index is 14.1. The van der Waals surface area contributed by atoms with E-state index >= 15 is 0 Å². The number of halogens is 1. The summed E-state index contributed by atoms with van der Waals surface area (Å²) in [6.45, 7) is 1.81. The molecule has 0 unspecified atom stereocenters. The first-order valence-electron chi connectivity index (χ1n) is 6.92. The second-order valence-electron chi connectivity index (χ2n) is 5.06. The van der Waals surface area contributed by atoms with Gasteiger partial charge < -0.3 is 5.32 Å². The van der Waals surface area contributed by atoms with E-state index in [-0.39, 0.29) is 5.69 Å². The summed E-state index contributed by atoms with van der Waals surface area (Å²) in [6, 6.07) is 8.18. The zero-order valence-corrected chi connectivity index (χ0v) is 12.6. The summed E-state index contributed by atoms with van der Waals surface area (Å²) in [5.41, 5.74) is 4.85. The van der Waals surface area contributed by atoms with Crippen LogP contribution in [0.5, 0.6) is 0 Å². The van der Waals surface area contributed by atoms with Gasteiger partial charge in [-0.3, -0.25) is 14.7 Å². The number of hydrogen-bond acceptors (Lipinski definition) is 4. The monoisotopic (exact) mass is 314 g/mol. The Bertz CT molecular complexity index is 876. The van der Waals surface area contributed by atoms with Gasteiger partial charge in [0.2, 0.25) is 0 Å². The number of amides is 1. The average Bonchev–Trinajstić information content (AvgIpc) is 2.99. The van der Waals surface area contributed by atoms with Crippen LogP contribution in [0, 0.1) is 12.7 Å². The lowest BCUT2D eigenvalue weighted by Gasteiger charge is -2.13. The molecule has 1 aromatic heterocycles. The molecule has 118 valence electrons. The number of aryl methyl sites for hydroxylation is 1. The number of H-pyrrole nitrogens is 1. The third-order valence-corrected chi connectivity index (χ3v) is 3.45. The predicted molar refractivity (Wildman–Crippen MR) is 85.0 cm³/mol. The van der Waals surface area contributed by atoms with Crippen molar-refractivity contribution in [2.75, 3.05) is 12.4 Å². The topological polar surface area (TPSA) is 79.0 Å². The van der Waals surface area contributed by atoms with E-state index in [0.717, 1.165) is 11.1 Å². The van der Waals surface area contributed by atoms with Crippen LogP contribution >= 0.6 is 0 Å². The quantitative estimate of drug-likeness (QED) is 0.647. The van der Waals surface area contributed by atoms with Crippen LogP contribution in [-0.4, -0.2) is 23.2 Å². The smallest absolute Gasteiger partial charge is 0.276 e. The fourth-order valence-corrected chi connectivity index (χ4v) is 2.35. The van der Waals surface area contributed by atoms with Gasteiger partial charge in [0.15, 0.2) is 0 Å². The number of benzene rings is 2. The Morgan fingerprint density at radius 1 is 1.30 bits per heavy atom. The minimum absolute atomic E-state index is 0.274. The van der Waals surface area contributed by atoms with Crippen molar-refractivity contribution in [1.29, 1.82) is 0 Å². The van der Waals surface area contributed by atoms with Crippen LogP contribution in [0.2, 0.25) is 0 Å². The van der Waals surface area contributed by atoms with Crippen LogP contribution in [0.25, 0.3) is 10.9 Å². The van der Waals surface area contributed by atoms with Crippen molar-refractivity contribution in [2.24, 2.45) is 0 Å². The fourth-order valence-electron chi connectivity index (χ4n) is 2.35. The molecule has 0 aliphatic carbocycles. The van der Waals surface area contributed by atoms with Gasteiger partial charge in [-0.15, -0.1) is 0 Å². The second kappa shape index (κ2) is 6.05. The highest BCUT2D eigenvalue weighted by atomic mass is 19.1. The standard InChI is InChI=1S/C16H15FN4O2/c1-9-3-5-14(12(17)7-9)19-15-10(16(22)21-23-2)4-6-13-11(15)8-18-20-13/h3-8,19H,1-2H3,(H,18,20)(H,21,22). The Morgan fingerprint density at radius 2 is 2.13 bits per heavy atom. The van der Waals surface area contributed by atoms with Gasteiger partial charge in [0.05, 0.1) is 35.8 Å². The Hall–Kier alpha value is -2.93. The van der Waals surface area contributed by atoms with E-state index in [1.54, 1.807) is 37.4 Å². The number of aromatic nitrogens is 2. The minimum Gasteiger partial charge on any atom is -0.352 e. The first-order chi connectivity index (χ1) is 11.1. The summed E-state index contributed by atoms with van der Waals surface area (Å²) < 4.78 is 14.1. The molecule has 3 aromatic rings. The minimum atomic E-state index is -0.439. The van der Waals surface area contributed by atoms with E-state index in [9.17, 15) is 9.18 Å². The molecule has 2 aromatic carbocycles. The van der Waals surface area contributed by atoms with E-state index < -0.39 is 11.7 Å². The number of carbonyl (C=O) groups is 1. The molecule has 23 heavy (non-hydrogen) atoms. The Balaban J connectivity index is 2.11. The predicted octanol–water partition coefficient (Wildman–Crippen LogP) is 3.05. The highest BCUT2D eigenvalue weighted by molar-refractivity contribution is 6.08. The van der Waals surface area contributed by atoms with E-state index in [4.69, 9.17) is 0 Å².